The predicted molar refractivity (Wildman–Crippen MR) is 55.3 cm³/mol. The smallest absolute Gasteiger partial charge is 0.0128 e. The lowest BCUT2D eigenvalue weighted by atomic mass is 10.0. The SMILES string of the molecule is CCC(C)N(CCN)C(C)(C)C. The van der Waals surface area contributed by atoms with Gasteiger partial charge in [0.1, 0.15) is 0 Å². The molecule has 12 heavy (non-hydrogen) atoms. The maximum atomic E-state index is 5.58. The molecule has 1 unspecified atom stereocenters. The van der Waals surface area contributed by atoms with Crippen LogP contribution in [0.25, 0.3) is 0 Å². The molecule has 0 saturated carbocycles. The summed E-state index contributed by atoms with van der Waals surface area (Å²) in [7, 11) is 0. The molecule has 1 atom stereocenters. The highest BCUT2D eigenvalue weighted by Gasteiger charge is 2.23. The van der Waals surface area contributed by atoms with E-state index in [9.17, 15) is 0 Å². The van der Waals surface area contributed by atoms with Crippen molar-refractivity contribution in [1.29, 1.82) is 0 Å². The number of hydrogen-bond donors (Lipinski definition) is 1. The highest BCUT2D eigenvalue weighted by atomic mass is 15.2. The first kappa shape index (κ1) is 11.9. The summed E-state index contributed by atoms with van der Waals surface area (Å²) in [6.45, 7) is 13.0. The van der Waals surface area contributed by atoms with Gasteiger partial charge in [0.2, 0.25) is 0 Å². The van der Waals surface area contributed by atoms with E-state index >= 15 is 0 Å². The van der Waals surface area contributed by atoms with Crippen molar-refractivity contribution < 1.29 is 0 Å². The van der Waals surface area contributed by atoms with Crippen LogP contribution >= 0.6 is 0 Å². The van der Waals surface area contributed by atoms with Gasteiger partial charge in [0.25, 0.3) is 0 Å². The Morgan fingerprint density at radius 2 is 1.83 bits per heavy atom. The molecule has 0 fully saturated rings. The van der Waals surface area contributed by atoms with Crippen LogP contribution in [0.3, 0.4) is 0 Å². The van der Waals surface area contributed by atoms with Crippen LogP contribution in [0, 0.1) is 0 Å². The third-order valence-corrected chi connectivity index (χ3v) is 2.35. The molecule has 2 heteroatoms. The van der Waals surface area contributed by atoms with E-state index < -0.39 is 0 Å². The molecule has 74 valence electrons. The van der Waals surface area contributed by atoms with Crippen molar-refractivity contribution in [1.82, 2.24) is 4.90 Å². The molecule has 0 aromatic rings. The summed E-state index contributed by atoms with van der Waals surface area (Å²) in [5, 5.41) is 0. The van der Waals surface area contributed by atoms with E-state index in [2.05, 4.69) is 39.5 Å². The summed E-state index contributed by atoms with van der Waals surface area (Å²) in [6.07, 6.45) is 1.19. The van der Waals surface area contributed by atoms with Gasteiger partial charge in [0, 0.05) is 24.7 Å². The Morgan fingerprint density at radius 1 is 1.33 bits per heavy atom. The van der Waals surface area contributed by atoms with Crippen molar-refractivity contribution >= 4 is 0 Å². The lowest BCUT2D eigenvalue weighted by Gasteiger charge is -2.39. The Labute approximate surface area is 77.1 Å². The van der Waals surface area contributed by atoms with Crippen LogP contribution in [0.2, 0.25) is 0 Å². The van der Waals surface area contributed by atoms with Gasteiger partial charge in [-0.1, -0.05) is 6.92 Å². The van der Waals surface area contributed by atoms with E-state index in [-0.39, 0.29) is 5.54 Å². The Balaban J connectivity index is 4.22. The quantitative estimate of drug-likeness (QED) is 0.701. The standard InChI is InChI=1S/C10H24N2/c1-6-9(2)12(8-7-11)10(3,4)5/h9H,6-8,11H2,1-5H3. The van der Waals surface area contributed by atoms with Crippen LogP contribution in [0.1, 0.15) is 41.0 Å². The van der Waals surface area contributed by atoms with Gasteiger partial charge in [-0.3, -0.25) is 4.90 Å². The maximum Gasteiger partial charge on any atom is 0.0128 e. The molecule has 0 saturated heterocycles. The fourth-order valence-electron chi connectivity index (χ4n) is 1.58. The zero-order valence-corrected chi connectivity index (χ0v) is 9.22. The first-order chi connectivity index (χ1) is 5.43. The summed E-state index contributed by atoms with van der Waals surface area (Å²) < 4.78 is 0. The van der Waals surface area contributed by atoms with E-state index in [0.29, 0.717) is 6.04 Å². The summed E-state index contributed by atoms with van der Waals surface area (Å²) in [5.41, 5.74) is 5.82. The van der Waals surface area contributed by atoms with Crippen LogP contribution in [0.4, 0.5) is 0 Å². The number of nitrogens with two attached hydrogens (primary N) is 1. The third-order valence-electron chi connectivity index (χ3n) is 2.35. The van der Waals surface area contributed by atoms with Gasteiger partial charge in [0.15, 0.2) is 0 Å². The second kappa shape index (κ2) is 4.83. The van der Waals surface area contributed by atoms with E-state index in [1.165, 1.54) is 6.42 Å². The van der Waals surface area contributed by atoms with Crippen molar-refractivity contribution in [3.05, 3.63) is 0 Å². The Morgan fingerprint density at radius 3 is 2.08 bits per heavy atom. The molecule has 0 aliphatic rings. The van der Waals surface area contributed by atoms with Crippen molar-refractivity contribution in [3.8, 4) is 0 Å². The summed E-state index contributed by atoms with van der Waals surface area (Å²) in [5.74, 6) is 0. The Bertz CT molecular complexity index is 115. The van der Waals surface area contributed by atoms with Gasteiger partial charge in [-0.15, -0.1) is 0 Å². The number of rotatable bonds is 4. The van der Waals surface area contributed by atoms with Gasteiger partial charge in [-0.05, 0) is 34.1 Å². The Hall–Kier alpha value is -0.0800. The van der Waals surface area contributed by atoms with E-state index in [4.69, 9.17) is 5.73 Å². The molecule has 2 N–H and O–H groups in total. The summed E-state index contributed by atoms with van der Waals surface area (Å²) in [6, 6.07) is 0.633. The largest absolute Gasteiger partial charge is 0.329 e. The van der Waals surface area contributed by atoms with Crippen LogP contribution in [0.5, 0.6) is 0 Å². The maximum absolute atomic E-state index is 5.58. The summed E-state index contributed by atoms with van der Waals surface area (Å²) >= 11 is 0. The monoisotopic (exact) mass is 172 g/mol. The minimum absolute atomic E-state index is 0.245. The number of hydrogen-bond acceptors (Lipinski definition) is 2. The molecule has 0 aromatic carbocycles. The van der Waals surface area contributed by atoms with Gasteiger partial charge >= 0.3 is 0 Å². The van der Waals surface area contributed by atoms with Gasteiger partial charge in [-0.25, -0.2) is 0 Å². The first-order valence-electron chi connectivity index (χ1n) is 4.90. The molecule has 0 aliphatic heterocycles. The summed E-state index contributed by atoms with van der Waals surface area (Å²) in [4.78, 5) is 2.47. The molecule has 0 aliphatic carbocycles. The lowest BCUT2D eigenvalue weighted by molar-refractivity contribution is 0.0920. The molecular formula is C10H24N2. The molecule has 0 amide bonds. The van der Waals surface area contributed by atoms with Gasteiger partial charge in [-0.2, -0.15) is 0 Å². The van der Waals surface area contributed by atoms with Crippen LogP contribution < -0.4 is 5.73 Å². The first-order valence-corrected chi connectivity index (χ1v) is 4.90. The van der Waals surface area contributed by atoms with Gasteiger partial charge < -0.3 is 5.73 Å². The van der Waals surface area contributed by atoms with Crippen LogP contribution in [-0.2, 0) is 0 Å². The predicted octanol–water partition coefficient (Wildman–Crippen LogP) is 1.84. The zero-order chi connectivity index (χ0) is 9.78. The van der Waals surface area contributed by atoms with Crippen LogP contribution in [-0.4, -0.2) is 29.6 Å². The lowest BCUT2D eigenvalue weighted by Crippen LogP contribution is -2.48. The Kier molecular flexibility index (Phi) is 4.80. The van der Waals surface area contributed by atoms with Crippen molar-refractivity contribution in [3.63, 3.8) is 0 Å². The molecule has 0 bridgehead atoms. The fraction of sp³-hybridized carbons (Fsp3) is 1.00. The van der Waals surface area contributed by atoms with Gasteiger partial charge in [0.05, 0.1) is 0 Å². The molecule has 0 aromatic heterocycles. The van der Waals surface area contributed by atoms with Crippen molar-refractivity contribution in [2.45, 2.75) is 52.6 Å². The minimum atomic E-state index is 0.245. The van der Waals surface area contributed by atoms with E-state index in [0.717, 1.165) is 13.1 Å². The van der Waals surface area contributed by atoms with E-state index in [1.54, 1.807) is 0 Å². The third kappa shape index (κ3) is 3.55. The van der Waals surface area contributed by atoms with Crippen LogP contribution in [0.15, 0.2) is 0 Å². The molecule has 0 heterocycles. The molecular weight excluding hydrogens is 148 g/mol. The highest BCUT2D eigenvalue weighted by molar-refractivity contribution is 4.80. The second-order valence-electron chi connectivity index (χ2n) is 4.41. The normalized spacial score (nSPS) is 15.2. The fourth-order valence-corrected chi connectivity index (χ4v) is 1.58. The second-order valence-corrected chi connectivity index (χ2v) is 4.41. The average Bonchev–Trinajstić information content (AvgIpc) is 1.96. The molecule has 0 rings (SSSR count). The molecule has 2 nitrogen and oxygen atoms in total. The van der Waals surface area contributed by atoms with E-state index in [1.807, 2.05) is 0 Å². The average molecular weight is 172 g/mol. The topological polar surface area (TPSA) is 29.3 Å². The number of nitrogens with zero attached hydrogens (tertiary/aromatic N) is 1. The zero-order valence-electron chi connectivity index (χ0n) is 9.22. The minimum Gasteiger partial charge on any atom is -0.329 e. The van der Waals surface area contributed by atoms with Crippen molar-refractivity contribution in [2.24, 2.45) is 5.73 Å². The molecule has 0 spiro atoms. The van der Waals surface area contributed by atoms with Crippen molar-refractivity contribution in [2.75, 3.05) is 13.1 Å². The molecule has 0 radical (unpaired) electrons. The highest BCUT2D eigenvalue weighted by Crippen LogP contribution is 2.17.